The number of nitrogens with zero attached hydrogens (tertiary/aromatic N) is 2. The van der Waals surface area contributed by atoms with Gasteiger partial charge in [0.2, 0.25) is 0 Å². The molecule has 0 saturated heterocycles. The summed E-state index contributed by atoms with van der Waals surface area (Å²) in [6, 6.07) is 6.57. The molecule has 7 nitrogen and oxygen atoms in total. The molecule has 0 radical (unpaired) electrons. The predicted molar refractivity (Wildman–Crippen MR) is 118 cm³/mol. The van der Waals surface area contributed by atoms with Gasteiger partial charge in [0.1, 0.15) is 11.6 Å². The summed E-state index contributed by atoms with van der Waals surface area (Å²) in [6.45, 7) is 5.89. The number of ether oxygens (including phenoxy) is 2. The number of benzene rings is 1. The molecule has 8 heteroatoms. The van der Waals surface area contributed by atoms with Gasteiger partial charge in [-0.25, -0.2) is 14.8 Å². The average molecular weight is 426 g/mol. The van der Waals surface area contributed by atoms with Gasteiger partial charge in [0.05, 0.1) is 25.5 Å². The first-order chi connectivity index (χ1) is 14.5. The summed E-state index contributed by atoms with van der Waals surface area (Å²) < 4.78 is 10.7. The molecule has 2 N–H and O–H groups in total. The Labute approximate surface area is 179 Å². The van der Waals surface area contributed by atoms with Gasteiger partial charge in [-0.15, -0.1) is 17.9 Å². The molecular formula is C22H23N3O4S. The maximum Gasteiger partial charge on any atom is 0.335 e. The average Bonchev–Trinajstić information content (AvgIpc) is 3.24. The molecule has 30 heavy (non-hydrogen) atoms. The minimum atomic E-state index is -1.02. The first-order valence-corrected chi connectivity index (χ1v) is 10.2. The maximum atomic E-state index is 11.3. The van der Waals surface area contributed by atoms with Gasteiger partial charge in [0, 0.05) is 28.3 Å². The molecule has 0 aliphatic rings. The third-order valence-corrected chi connectivity index (χ3v) is 5.40. The Morgan fingerprint density at radius 1 is 1.27 bits per heavy atom. The quantitative estimate of drug-likeness (QED) is 0.468. The molecule has 0 fully saturated rings. The van der Waals surface area contributed by atoms with Crippen LogP contribution in [-0.2, 0) is 12.8 Å². The van der Waals surface area contributed by atoms with Gasteiger partial charge < -0.3 is 19.9 Å². The van der Waals surface area contributed by atoms with Crippen molar-refractivity contribution in [2.45, 2.75) is 19.8 Å². The van der Waals surface area contributed by atoms with E-state index in [9.17, 15) is 9.90 Å². The summed E-state index contributed by atoms with van der Waals surface area (Å²) in [5.41, 5.74) is 3.47. The summed E-state index contributed by atoms with van der Waals surface area (Å²) >= 11 is 1.48. The van der Waals surface area contributed by atoms with Crippen LogP contribution in [0.5, 0.6) is 10.8 Å². The lowest BCUT2D eigenvalue weighted by Gasteiger charge is -2.17. The van der Waals surface area contributed by atoms with Gasteiger partial charge in [0.25, 0.3) is 0 Å². The van der Waals surface area contributed by atoms with Crippen LogP contribution >= 0.6 is 11.3 Å². The third-order valence-electron chi connectivity index (χ3n) is 4.51. The lowest BCUT2D eigenvalue weighted by atomic mass is 10.1. The molecule has 0 aliphatic carbocycles. The second-order valence-electron chi connectivity index (χ2n) is 6.37. The second-order valence-corrected chi connectivity index (χ2v) is 7.24. The summed E-state index contributed by atoms with van der Waals surface area (Å²) in [5.74, 6) is 0.609. The lowest BCUT2D eigenvalue weighted by molar-refractivity contribution is 0.0696. The monoisotopic (exact) mass is 425 g/mol. The number of carbonyl (C=O) groups is 1. The van der Waals surface area contributed by atoms with Crippen LogP contribution in [0.1, 0.15) is 28.5 Å². The summed E-state index contributed by atoms with van der Waals surface area (Å²) in [6.07, 6.45) is 3.12. The summed E-state index contributed by atoms with van der Waals surface area (Å²) in [5, 5.41) is 15.3. The van der Waals surface area contributed by atoms with E-state index < -0.39 is 5.97 Å². The van der Waals surface area contributed by atoms with Crippen LogP contribution in [0.15, 0.2) is 42.3 Å². The SMILES string of the molecule is C=CCc1c(CC)nc(-c2csc(OC)c2)nc1Nc1ccc(C(=O)O)cc1OC. The fourth-order valence-corrected chi connectivity index (χ4v) is 3.72. The van der Waals surface area contributed by atoms with Gasteiger partial charge >= 0.3 is 5.97 Å². The molecule has 0 aliphatic heterocycles. The van der Waals surface area contributed by atoms with E-state index in [2.05, 4.69) is 11.9 Å². The molecule has 0 saturated carbocycles. The minimum Gasteiger partial charge on any atom is -0.495 e. The molecule has 3 aromatic rings. The van der Waals surface area contributed by atoms with Crippen molar-refractivity contribution in [3.05, 3.63) is 59.1 Å². The fourth-order valence-electron chi connectivity index (χ4n) is 3.01. The van der Waals surface area contributed by atoms with Crippen LogP contribution in [0.3, 0.4) is 0 Å². The van der Waals surface area contributed by atoms with Gasteiger partial charge in [-0.05, 0) is 31.0 Å². The molecule has 3 rings (SSSR count). The Kier molecular flexibility index (Phi) is 6.68. The highest BCUT2D eigenvalue weighted by atomic mass is 32.1. The van der Waals surface area contributed by atoms with Gasteiger partial charge in [0.15, 0.2) is 10.9 Å². The van der Waals surface area contributed by atoms with E-state index in [0.717, 1.165) is 28.3 Å². The molecule has 0 atom stereocenters. The first kappa shape index (κ1) is 21.3. The second kappa shape index (κ2) is 9.41. The normalized spacial score (nSPS) is 10.5. The van der Waals surface area contributed by atoms with Gasteiger partial charge in [-0.1, -0.05) is 13.0 Å². The number of hydrogen-bond donors (Lipinski definition) is 2. The summed E-state index contributed by atoms with van der Waals surface area (Å²) in [4.78, 5) is 20.8. The number of methoxy groups -OCH3 is 2. The number of carboxylic acids is 1. The van der Waals surface area contributed by atoms with E-state index >= 15 is 0 Å². The van der Waals surface area contributed by atoms with Gasteiger partial charge in [-0.2, -0.15) is 0 Å². The molecule has 156 valence electrons. The highest BCUT2D eigenvalue weighted by Gasteiger charge is 2.17. The molecular weight excluding hydrogens is 402 g/mol. The van der Waals surface area contributed by atoms with Crippen LogP contribution in [0, 0.1) is 0 Å². The van der Waals surface area contributed by atoms with Crippen molar-refractivity contribution in [3.63, 3.8) is 0 Å². The van der Waals surface area contributed by atoms with Gasteiger partial charge in [-0.3, -0.25) is 0 Å². The molecule has 0 spiro atoms. The van der Waals surface area contributed by atoms with E-state index in [4.69, 9.17) is 19.4 Å². The van der Waals surface area contributed by atoms with Crippen LogP contribution in [0.4, 0.5) is 11.5 Å². The largest absolute Gasteiger partial charge is 0.495 e. The number of nitrogens with one attached hydrogen (secondary N) is 1. The topological polar surface area (TPSA) is 93.6 Å². The molecule has 0 bridgehead atoms. The smallest absolute Gasteiger partial charge is 0.335 e. The number of thiophene rings is 1. The van der Waals surface area contributed by atoms with Crippen molar-refractivity contribution in [2.24, 2.45) is 0 Å². The first-order valence-electron chi connectivity index (χ1n) is 9.32. The number of allylic oxidation sites excluding steroid dienone is 1. The predicted octanol–water partition coefficient (Wildman–Crippen LogP) is 4.96. The number of hydrogen-bond acceptors (Lipinski definition) is 7. The van der Waals surface area contributed by atoms with Crippen LogP contribution in [0.25, 0.3) is 11.4 Å². The van der Waals surface area contributed by atoms with Crippen molar-refractivity contribution < 1.29 is 19.4 Å². The van der Waals surface area contributed by atoms with Crippen molar-refractivity contribution >= 4 is 28.8 Å². The number of aromatic carboxylic acids is 1. The highest BCUT2D eigenvalue weighted by Crippen LogP contribution is 2.34. The van der Waals surface area contributed by atoms with E-state index in [0.29, 0.717) is 29.5 Å². The minimum absolute atomic E-state index is 0.145. The molecule has 0 amide bonds. The molecule has 2 aromatic heterocycles. The molecule has 0 unspecified atom stereocenters. The Morgan fingerprint density at radius 2 is 2.07 bits per heavy atom. The third kappa shape index (κ3) is 4.44. The van der Waals surface area contributed by atoms with Crippen molar-refractivity contribution in [1.82, 2.24) is 9.97 Å². The van der Waals surface area contributed by atoms with E-state index in [1.54, 1.807) is 19.3 Å². The number of carboxylic acid groups (broad SMARTS) is 1. The highest BCUT2D eigenvalue weighted by molar-refractivity contribution is 7.12. The summed E-state index contributed by atoms with van der Waals surface area (Å²) in [7, 11) is 3.12. The van der Waals surface area contributed by atoms with E-state index in [1.165, 1.54) is 30.6 Å². The van der Waals surface area contributed by atoms with E-state index in [-0.39, 0.29) is 5.56 Å². The van der Waals surface area contributed by atoms with Crippen LogP contribution in [0.2, 0.25) is 0 Å². The van der Waals surface area contributed by atoms with Crippen molar-refractivity contribution in [2.75, 3.05) is 19.5 Å². The number of anilines is 2. The number of aryl methyl sites for hydroxylation is 1. The fraction of sp³-hybridized carbons (Fsp3) is 0.227. The Hall–Kier alpha value is -3.39. The van der Waals surface area contributed by atoms with Crippen LogP contribution in [-0.4, -0.2) is 35.3 Å². The van der Waals surface area contributed by atoms with Crippen molar-refractivity contribution in [1.29, 1.82) is 0 Å². The Balaban J connectivity index is 2.11. The molecule has 2 heterocycles. The lowest BCUT2D eigenvalue weighted by Crippen LogP contribution is -2.08. The number of aromatic nitrogens is 2. The molecule has 1 aromatic carbocycles. The zero-order valence-electron chi connectivity index (χ0n) is 17.1. The zero-order chi connectivity index (χ0) is 21.7. The zero-order valence-corrected chi connectivity index (χ0v) is 17.9. The number of rotatable bonds is 9. The Morgan fingerprint density at radius 3 is 2.67 bits per heavy atom. The maximum absolute atomic E-state index is 11.3. The van der Waals surface area contributed by atoms with E-state index in [1.807, 2.05) is 18.4 Å². The Bertz CT molecular complexity index is 1080. The van der Waals surface area contributed by atoms with Crippen molar-refractivity contribution in [3.8, 4) is 22.2 Å². The van der Waals surface area contributed by atoms with Crippen LogP contribution < -0.4 is 14.8 Å². The standard InChI is InChI=1S/C22H23N3O4S/c1-5-7-15-16(6-2)23-20(14-11-19(29-4)30-12-14)25-21(15)24-17-9-8-13(22(26)27)10-18(17)28-3/h5,8-12H,1,6-7H2,2-4H3,(H,26,27)(H,23,24,25).